The zero-order valence-corrected chi connectivity index (χ0v) is 12.5. The van der Waals surface area contributed by atoms with E-state index in [2.05, 4.69) is 5.32 Å². The van der Waals surface area contributed by atoms with Crippen LogP contribution >= 0.6 is 0 Å². The average Bonchev–Trinajstić information content (AvgIpc) is 2.47. The first-order valence-corrected chi connectivity index (χ1v) is 6.80. The molecule has 0 spiro atoms. The number of rotatable bonds is 4. The summed E-state index contributed by atoms with van der Waals surface area (Å²) >= 11 is 0. The summed E-state index contributed by atoms with van der Waals surface area (Å²) in [6, 6.07) is 5.46. The number of methoxy groups -OCH3 is 1. The van der Waals surface area contributed by atoms with Crippen molar-refractivity contribution in [1.29, 1.82) is 0 Å². The fraction of sp³-hybridized carbons (Fsp3) is 0.467. The number of carbonyl (C=O) groups is 2. The average molecular weight is 292 g/mol. The summed E-state index contributed by atoms with van der Waals surface area (Å²) in [4.78, 5) is 25.2. The van der Waals surface area contributed by atoms with Gasteiger partial charge in [0.15, 0.2) is 0 Å². The van der Waals surface area contributed by atoms with Gasteiger partial charge in [-0.2, -0.15) is 0 Å². The van der Waals surface area contributed by atoms with Gasteiger partial charge in [0, 0.05) is 20.1 Å². The van der Waals surface area contributed by atoms with Crippen LogP contribution in [0.4, 0.5) is 0 Å². The van der Waals surface area contributed by atoms with Crippen molar-refractivity contribution in [2.24, 2.45) is 0 Å². The number of nitrogens with one attached hydrogen (secondary N) is 1. The normalized spacial score (nSPS) is 18.5. The minimum atomic E-state index is -0.201. The summed E-state index contributed by atoms with van der Waals surface area (Å²) < 4.78 is 10.6. The molecule has 1 fully saturated rings. The highest BCUT2D eigenvalue weighted by Gasteiger charge is 2.24. The summed E-state index contributed by atoms with van der Waals surface area (Å²) in [5.74, 6) is 0.301. The van der Waals surface area contributed by atoms with E-state index >= 15 is 0 Å². The Hall–Kier alpha value is -2.08. The van der Waals surface area contributed by atoms with E-state index in [9.17, 15) is 9.59 Å². The molecule has 1 aliphatic rings. The minimum Gasteiger partial charge on any atom is -0.496 e. The Labute approximate surface area is 124 Å². The molecule has 6 heteroatoms. The van der Waals surface area contributed by atoms with Crippen LogP contribution in [0.5, 0.6) is 5.75 Å². The first kappa shape index (κ1) is 15.3. The molecule has 0 aliphatic carbocycles. The molecule has 1 aromatic rings. The van der Waals surface area contributed by atoms with Crippen molar-refractivity contribution < 1.29 is 19.1 Å². The van der Waals surface area contributed by atoms with Gasteiger partial charge in [-0.15, -0.1) is 0 Å². The zero-order chi connectivity index (χ0) is 15.4. The van der Waals surface area contributed by atoms with Crippen LogP contribution in [-0.2, 0) is 9.53 Å². The molecular weight excluding hydrogens is 272 g/mol. The van der Waals surface area contributed by atoms with Gasteiger partial charge in [0.1, 0.15) is 12.4 Å². The van der Waals surface area contributed by atoms with Crippen molar-refractivity contribution in [2.75, 3.05) is 33.9 Å². The summed E-state index contributed by atoms with van der Waals surface area (Å²) in [7, 11) is 3.26. The fourth-order valence-corrected chi connectivity index (χ4v) is 2.28. The predicted octanol–water partition coefficient (Wildman–Crippen LogP) is 0.591. The Kier molecular flexibility index (Phi) is 4.80. The van der Waals surface area contributed by atoms with Gasteiger partial charge < -0.3 is 19.7 Å². The molecular formula is C15H20N2O4. The maximum atomic E-state index is 12.3. The Morgan fingerprint density at radius 1 is 1.52 bits per heavy atom. The summed E-state index contributed by atoms with van der Waals surface area (Å²) in [6.45, 7) is 2.75. The topological polar surface area (TPSA) is 67.9 Å². The molecule has 0 radical (unpaired) electrons. The maximum absolute atomic E-state index is 12.3. The van der Waals surface area contributed by atoms with Gasteiger partial charge >= 0.3 is 0 Å². The number of morpholine rings is 1. The number of carbonyl (C=O) groups excluding carboxylic acids is 2. The lowest BCUT2D eigenvalue weighted by atomic mass is 10.1. The molecule has 2 rings (SSSR count). The number of amides is 2. The third-order valence-corrected chi connectivity index (χ3v) is 3.52. The van der Waals surface area contributed by atoms with E-state index in [4.69, 9.17) is 9.47 Å². The molecule has 6 nitrogen and oxygen atoms in total. The Morgan fingerprint density at radius 3 is 2.95 bits per heavy atom. The van der Waals surface area contributed by atoms with E-state index in [0.717, 1.165) is 5.56 Å². The van der Waals surface area contributed by atoms with Gasteiger partial charge in [-0.25, -0.2) is 0 Å². The van der Waals surface area contributed by atoms with E-state index in [1.54, 1.807) is 18.0 Å². The van der Waals surface area contributed by atoms with Crippen molar-refractivity contribution in [3.8, 4) is 5.75 Å². The highest BCUT2D eigenvalue weighted by Crippen LogP contribution is 2.21. The third kappa shape index (κ3) is 3.52. The Bertz CT molecular complexity index is 544. The van der Waals surface area contributed by atoms with Crippen LogP contribution in [0.15, 0.2) is 18.2 Å². The van der Waals surface area contributed by atoms with Crippen molar-refractivity contribution in [2.45, 2.75) is 13.0 Å². The lowest BCUT2D eigenvalue weighted by Crippen LogP contribution is -2.48. The third-order valence-electron chi connectivity index (χ3n) is 3.52. The van der Waals surface area contributed by atoms with Gasteiger partial charge in [-0.3, -0.25) is 9.59 Å². The van der Waals surface area contributed by atoms with Crippen LogP contribution in [0.2, 0.25) is 0 Å². The molecule has 0 bridgehead atoms. The molecule has 0 saturated carbocycles. The molecule has 2 amide bonds. The van der Waals surface area contributed by atoms with Crippen molar-refractivity contribution >= 4 is 11.8 Å². The van der Waals surface area contributed by atoms with E-state index in [1.807, 2.05) is 19.1 Å². The molecule has 1 aromatic carbocycles. The first-order chi connectivity index (χ1) is 10.0. The maximum Gasteiger partial charge on any atom is 0.255 e. The Morgan fingerprint density at radius 2 is 2.29 bits per heavy atom. The van der Waals surface area contributed by atoms with Crippen LogP contribution in [-0.4, -0.2) is 56.7 Å². The lowest BCUT2D eigenvalue weighted by Gasteiger charge is -2.30. The van der Waals surface area contributed by atoms with Crippen LogP contribution in [0.25, 0.3) is 0 Å². The van der Waals surface area contributed by atoms with Crippen LogP contribution in [0.3, 0.4) is 0 Å². The number of hydrogen-bond acceptors (Lipinski definition) is 4. The minimum absolute atomic E-state index is 0.0434. The number of likely N-dealkylation sites (N-methyl/N-ethyl adjacent to an activating group) is 1. The molecule has 0 aromatic heterocycles. The van der Waals surface area contributed by atoms with Gasteiger partial charge in [0.05, 0.1) is 18.8 Å². The van der Waals surface area contributed by atoms with Crippen molar-refractivity contribution in [3.05, 3.63) is 29.3 Å². The summed E-state index contributed by atoms with van der Waals surface area (Å²) in [6.07, 6.45) is -0.188. The van der Waals surface area contributed by atoms with E-state index in [0.29, 0.717) is 24.4 Å². The highest BCUT2D eigenvalue weighted by atomic mass is 16.5. The molecule has 1 N–H and O–H groups in total. The lowest BCUT2D eigenvalue weighted by molar-refractivity contribution is -0.146. The smallest absolute Gasteiger partial charge is 0.255 e. The van der Waals surface area contributed by atoms with Crippen molar-refractivity contribution in [1.82, 2.24) is 10.2 Å². The zero-order valence-electron chi connectivity index (χ0n) is 12.5. The predicted molar refractivity (Wildman–Crippen MR) is 77.4 cm³/mol. The molecule has 1 aliphatic heterocycles. The van der Waals surface area contributed by atoms with Gasteiger partial charge in [0.2, 0.25) is 5.91 Å². The fourth-order valence-electron chi connectivity index (χ4n) is 2.28. The number of nitrogens with zero attached hydrogens (tertiary/aromatic N) is 1. The quantitative estimate of drug-likeness (QED) is 0.882. The Balaban J connectivity index is 1.98. The van der Waals surface area contributed by atoms with Crippen LogP contribution < -0.4 is 10.1 Å². The van der Waals surface area contributed by atoms with Gasteiger partial charge in [-0.1, -0.05) is 12.1 Å². The van der Waals surface area contributed by atoms with Crippen molar-refractivity contribution in [3.63, 3.8) is 0 Å². The van der Waals surface area contributed by atoms with E-state index < -0.39 is 0 Å². The standard InChI is InChI=1S/C15H20N2O4/c1-10-5-4-6-12(20-3)14(10)15(19)16-7-11-8-17(2)13(18)9-21-11/h4-6,11H,7-9H2,1-3H3,(H,16,19)/t11-/m1/s1. The van der Waals surface area contributed by atoms with Gasteiger partial charge in [0.25, 0.3) is 5.91 Å². The van der Waals surface area contributed by atoms with Gasteiger partial charge in [-0.05, 0) is 18.6 Å². The molecule has 1 atom stereocenters. The molecule has 1 heterocycles. The number of aryl methyl sites for hydroxylation is 1. The highest BCUT2D eigenvalue weighted by molar-refractivity contribution is 5.98. The second-order valence-electron chi connectivity index (χ2n) is 5.07. The summed E-state index contributed by atoms with van der Waals surface area (Å²) in [5.41, 5.74) is 1.38. The SMILES string of the molecule is COc1cccc(C)c1C(=O)NC[C@@H]1CN(C)C(=O)CO1. The summed E-state index contributed by atoms with van der Waals surface area (Å²) in [5, 5.41) is 2.84. The number of benzene rings is 1. The monoisotopic (exact) mass is 292 g/mol. The second-order valence-corrected chi connectivity index (χ2v) is 5.07. The second kappa shape index (κ2) is 6.58. The molecule has 0 unspecified atom stereocenters. The van der Waals surface area contributed by atoms with E-state index in [-0.39, 0.29) is 24.5 Å². The molecule has 21 heavy (non-hydrogen) atoms. The molecule has 1 saturated heterocycles. The number of ether oxygens (including phenoxy) is 2. The first-order valence-electron chi connectivity index (χ1n) is 6.80. The molecule has 114 valence electrons. The largest absolute Gasteiger partial charge is 0.496 e. The van der Waals surface area contributed by atoms with Crippen LogP contribution in [0, 0.1) is 6.92 Å². The van der Waals surface area contributed by atoms with Crippen LogP contribution in [0.1, 0.15) is 15.9 Å². The van der Waals surface area contributed by atoms with E-state index in [1.165, 1.54) is 7.11 Å². The number of hydrogen-bond donors (Lipinski definition) is 1.